The monoisotopic (exact) mass is 456 g/mol. The summed E-state index contributed by atoms with van der Waals surface area (Å²) in [6, 6.07) is 4.41. The lowest BCUT2D eigenvalue weighted by Gasteiger charge is -2.21. The average Bonchev–Trinajstić information content (AvgIpc) is 2.96. The summed E-state index contributed by atoms with van der Waals surface area (Å²) in [5.74, 6) is -4.14. The number of carbonyl (C=O) groups is 1. The van der Waals surface area contributed by atoms with Gasteiger partial charge in [0.1, 0.15) is 6.10 Å². The lowest BCUT2D eigenvalue weighted by Crippen LogP contribution is -2.35. The van der Waals surface area contributed by atoms with Crippen molar-refractivity contribution >= 4 is 24.5 Å². The fourth-order valence-electron chi connectivity index (χ4n) is 3.85. The molecule has 0 radical (unpaired) electrons. The fraction of sp³-hybridized carbons (Fsp3) is 0.526. The van der Waals surface area contributed by atoms with Crippen LogP contribution in [0, 0.1) is 12.8 Å². The first-order valence-corrected chi connectivity index (χ1v) is 11.4. The molecule has 11 nitrogen and oxygen atoms in total. The molecule has 0 bridgehead atoms. The maximum absolute atomic E-state index is 13.0. The van der Waals surface area contributed by atoms with Crippen LogP contribution in [0.25, 0.3) is 10.9 Å². The Balaban J connectivity index is 1.82. The SMILES string of the molecule is CCOC(=O)[C@H](OC[C@H]1C[C@@H](n2cnc3cccc(C)c3c2=O)[C@H](O)[C@@H]1O)P(=O)(O)O. The van der Waals surface area contributed by atoms with Crippen LogP contribution in [0.5, 0.6) is 0 Å². The van der Waals surface area contributed by atoms with Gasteiger partial charge in [-0.25, -0.2) is 9.78 Å². The van der Waals surface area contributed by atoms with E-state index in [1.54, 1.807) is 25.1 Å². The van der Waals surface area contributed by atoms with Crippen molar-refractivity contribution in [3.8, 4) is 0 Å². The molecule has 0 unspecified atom stereocenters. The third-order valence-electron chi connectivity index (χ3n) is 5.41. The molecule has 12 heteroatoms. The van der Waals surface area contributed by atoms with Gasteiger partial charge in [-0.3, -0.25) is 13.9 Å². The molecule has 3 rings (SSSR count). The number of aryl methyl sites for hydroxylation is 1. The van der Waals surface area contributed by atoms with E-state index in [0.717, 1.165) is 5.56 Å². The number of rotatable bonds is 7. The van der Waals surface area contributed by atoms with Gasteiger partial charge in [-0.2, -0.15) is 0 Å². The Morgan fingerprint density at radius 1 is 1.32 bits per heavy atom. The van der Waals surface area contributed by atoms with E-state index in [9.17, 15) is 34.2 Å². The van der Waals surface area contributed by atoms with Crippen LogP contribution in [0.15, 0.2) is 29.3 Å². The van der Waals surface area contributed by atoms with E-state index in [0.29, 0.717) is 10.9 Å². The summed E-state index contributed by atoms with van der Waals surface area (Å²) >= 11 is 0. The highest BCUT2D eigenvalue weighted by atomic mass is 31.2. The quantitative estimate of drug-likeness (QED) is 0.330. The first kappa shape index (κ1) is 23.5. The fourth-order valence-corrected chi connectivity index (χ4v) is 4.48. The minimum atomic E-state index is -4.97. The van der Waals surface area contributed by atoms with Crippen LogP contribution in [0.3, 0.4) is 0 Å². The summed E-state index contributed by atoms with van der Waals surface area (Å²) in [5, 5.41) is 21.4. The topological polar surface area (TPSA) is 168 Å². The van der Waals surface area contributed by atoms with Crippen LogP contribution in [-0.2, 0) is 18.8 Å². The van der Waals surface area contributed by atoms with Gasteiger partial charge in [-0.05, 0) is 31.9 Å². The molecule has 31 heavy (non-hydrogen) atoms. The van der Waals surface area contributed by atoms with Gasteiger partial charge in [0.05, 0.1) is 42.6 Å². The Morgan fingerprint density at radius 2 is 2.03 bits per heavy atom. The number of nitrogens with zero attached hydrogens (tertiary/aromatic N) is 2. The molecule has 0 saturated heterocycles. The lowest BCUT2D eigenvalue weighted by atomic mass is 10.1. The van der Waals surface area contributed by atoms with E-state index in [-0.39, 0.29) is 18.6 Å². The number of aliphatic hydroxyl groups is 2. The third kappa shape index (κ3) is 4.72. The molecule has 0 amide bonds. The highest BCUT2D eigenvalue weighted by Crippen LogP contribution is 2.43. The van der Waals surface area contributed by atoms with Gasteiger partial charge in [-0.15, -0.1) is 0 Å². The van der Waals surface area contributed by atoms with E-state index >= 15 is 0 Å². The lowest BCUT2D eigenvalue weighted by molar-refractivity contribution is -0.153. The highest BCUT2D eigenvalue weighted by Gasteiger charge is 2.45. The second-order valence-electron chi connectivity index (χ2n) is 7.50. The van der Waals surface area contributed by atoms with Gasteiger partial charge in [0.15, 0.2) is 0 Å². The van der Waals surface area contributed by atoms with Crippen LogP contribution in [0.2, 0.25) is 0 Å². The zero-order valence-electron chi connectivity index (χ0n) is 17.0. The van der Waals surface area contributed by atoms with Gasteiger partial charge in [0.25, 0.3) is 11.4 Å². The van der Waals surface area contributed by atoms with Crippen LogP contribution >= 0.6 is 7.60 Å². The summed E-state index contributed by atoms with van der Waals surface area (Å²) in [4.78, 5) is 47.8. The van der Waals surface area contributed by atoms with Gasteiger partial charge in [0, 0.05) is 5.92 Å². The van der Waals surface area contributed by atoms with Crippen molar-refractivity contribution in [3.05, 3.63) is 40.4 Å². The van der Waals surface area contributed by atoms with Gasteiger partial charge >= 0.3 is 13.6 Å². The second kappa shape index (κ2) is 9.15. The molecule has 5 atom stereocenters. The number of hydrogen-bond donors (Lipinski definition) is 4. The number of ether oxygens (including phenoxy) is 2. The minimum Gasteiger partial charge on any atom is -0.464 e. The Bertz CT molecular complexity index is 1070. The summed E-state index contributed by atoms with van der Waals surface area (Å²) in [6.45, 7) is 2.72. The average molecular weight is 456 g/mol. The Labute approximate surface area is 177 Å². The predicted octanol–water partition coefficient (Wildman–Crippen LogP) is 0.0712. The van der Waals surface area contributed by atoms with E-state index in [1.165, 1.54) is 17.8 Å². The number of carbonyl (C=O) groups excluding carboxylic acids is 1. The van der Waals surface area contributed by atoms with Crippen molar-refractivity contribution < 1.29 is 38.8 Å². The highest BCUT2D eigenvalue weighted by molar-refractivity contribution is 7.53. The summed E-state index contributed by atoms with van der Waals surface area (Å²) < 4.78 is 22.6. The minimum absolute atomic E-state index is 0.0675. The zero-order valence-corrected chi connectivity index (χ0v) is 17.9. The number of esters is 1. The summed E-state index contributed by atoms with van der Waals surface area (Å²) in [7, 11) is -4.97. The van der Waals surface area contributed by atoms with E-state index in [4.69, 9.17) is 4.74 Å². The molecule has 1 fully saturated rings. The molecule has 170 valence electrons. The molecule has 0 spiro atoms. The zero-order chi connectivity index (χ0) is 22.9. The molecule has 1 aliphatic carbocycles. The Kier molecular flexibility index (Phi) is 6.95. The molecule has 1 aromatic carbocycles. The van der Waals surface area contributed by atoms with Crippen molar-refractivity contribution in [2.75, 3.05) is 13.2 Å². The van der Waals surface area contributed by atoms with Crippen molar-refractivity contribution in [1.82, 2.24) is 9.55 Å². The number of hydrogen-bond acceptors (Lipinski definition) is 8. The molecule has 1 heterocycles. The van der Waals surface area contributed by atoms with Gasteiger partial charge < -0.3 is 29.5 Å². The standard InChI is InChI=1S/C19H25N2O9P/c1-3-29-18(25)19(31(26,27)28)30-8-11-7-13(16(23)15(11)22)21-9-20-12-6-4-5-10(2)14(12)17(21)24/h4-6,9,11,13,15-16,19,22-23H,3,7-8H2,1-2H3,(H2,26,27,28)/t11-,13-,15-,16+,19-/m1/s1. The molecular weight excluding hydrogens is 431 g/mol. The van der Waals surface area contributed by atoms with E-state index in [1.807, 2.05) is 0 Å². The molecule has 1 aliphatic rings. The third-order valence-corrected chi connectivity index (χ3v) is 6.38. The molecular formula is C19H25N2O9P. The predicted molar refractivity (Wildman–Crippen MR) is 108 cm³/mol. The first-order valence-electron chi connectivity index (χ1n) is 9.72. The normalized spacial score (nSPS) is 25.0. The smallest absolute Gasteiger partial charge is 0.365 e. The largest absolute Gasteiger partial charge is 0.464 e. The van der Waals surface area contributed by atoms with Crippen LogP contribution in [0.1, 0.15) is 24.9 Å². The Morgan fingerprint density at radius 3 is 2.68 bits per heavy atom. The van der Waals surface area contributed by atoms with Crippen LogP contribution < -0.4 is 5.56 Å². The van der Waals surface area contributed by atoms with E-state index in [2.05, 4.69) is 9.72 Å². The number of fused-ring (bicyclic) bond motifs is 1. The molecule has 1 aromatic heterocycles. The maximum atomic E-state index is 13.0. The second-order valence-corrected chi connectivity index (χ2v) is 9.14. The van der Waals surface area contributed by atoms with Crippen LogP contribution in [-0.4, -0.2) is 66.8 Å². The van der Waals surface area contributed by atoms with Crippen molar-refractivity contribution in [1.29, 1.82) is 0 Å². The van der Waals surface area contributed by atoms with Gasteiger partial charge in [-0.1, -0.05) is 12.1 Å². The summed E-state index contributed by atoms with van der Waals surface area (Å²) in [5.41, 5.74) is 0.852. The Hall–Kier alpha value is -2.14. The first-order chi connectivity index (χ1) is 14.6. The molecule has 2 aromatic rings. The van der Waals surface area contributed by atoms with Crippen molar-refractivity contribution in [3.63, 3.8) is 0 Å². The molecule has 0 aliphatic heterocycles. The number of benzene rings is 1. The molecule has 1 saturated carbocycles. The van der Waals surface area contributed by atoms with Crippen LogP contribution in [0.4, 0.5) is 0 Å². The number of aromatic nitrogens is 2. The summed E-state index contributed by atoms with van der Waals surface area (Å²) in [6.07, 6.45) is -1.32. The maximum Gasteiger partial charge on any atom is 0.365 e. The van der Waals surface area contributed by atoms with Crippen molar-refractivity contribution in [2.24, 2.45) is 5.92 Å². The van der Waals surface area contributed by atoms with Crippen molar-refractivity contribution in [2.45, 2.75) is 44.4 Å². The van der Waals surface area contributed by atoms with E-state index < -0.39 is 50.2 Å². The van der Waals surface area contributed by atoms with Gasteiger partial charge in [0.2, 0.25) is 0 Å². The molecule has 4 N–H and O–H groups in total. The number of aliphatic hydroxyl groups excluding tert-OH is 2.